The summed E-state index contributed by atoms with van der Waals surface area (Å²) in [5.74, 6) is 0.776. The molecule has 0 saturated heterocycles. The van der Waals surface area contributed by atoms with Gasteiger partial charge in [0.1, 0.15) is 0 Å². The summed E-state index contributed by atoms with van der Waals surface area (Å²) in [6.07, 6.45) is 5.02. The summed E-state index contributed by atoms with van der Waals surface area (Å²) in [5.41, 5.74) is 5.61. The van der Waals surface area contributed by atoms with Gasteiger partial charge in [-0.2, -0.15) is 0 Å². The van der Waals surface area contributed by atoms with Gasteiger partial charge in [0.2, 0.25) is 5.91 Å². The molecule has 0 spiro atoms. The predicted octanol–water partition coefficient (Wildman–Crippen LogP) is 1.30. The number of hydrogen-bond donors (Lipinski definition) is 1. The van der Waals surface area contributed by atoms with Crippen molar-refractivity contribution in [1.82, 2.24) is 0 Å². The van der Waals surface area contributed by atoms with E-state index in [1.165, 1.54) is 25.7 Å². The van der Waals surface area contributed by atoms with Gasteiger partial charge >= 0.3 is 0 Å². The molecule has 3 unspecified atom stereocenters. The monoisotopic (exact) mass is 153 g/mol. The molecule has 0 bridgehead atoms. The van der Waals surface area contributed by atoms with E-state index >= 15 is 0 Å². The summed E-state index contributed by atoms with van der Waals surface area (Å²) in [6.45, 7) is 2.21. The number of hydrogen-bond acceptors (Lipinski definition) is 1. The molecule has 2 saturated carbocycles. The van der Waals surface area contributed by atoms with Crippen molar-refractivity contribution in [3.05, 3.63) is 0 Å². The maximum atomic E-state index is 11.0. The quantitative estimate of drug-likeness (QED) is 0.606. The van der Waals surface area contributed by atoms with Gasteiger partial charge in [0.05, 0.1) is 0 Å². The van der Waals surface area contributed by atoms with E-state index in [1.807, 2.05) is 0 Å². The Morgan fingerprint density at radius 1 is 1.55 bits per heavy atom. The number of amides is 1. The summed E-state index contributed by atoms with van der Waals surface area (Å²) in [7, 11) is 0. The maximum Gasteiger partial charge on any atom is 0.221 e. The van der Waals surface area contributed by atoms with Crippen LogP contribution in [0, 0.1) is 17.3 Å². The molecule has 2 nitrogen and oxygen atoms in total. The number of nitrogens with two attached hydrogens (primary N) is 1. The maximum absolute atomic E-state index is 11.0. The van der Waals surface area contributed by atoms with E-state index < -0.39 is 0 Å². The van der Waals surface area contributed by atoms with E-state index in [-0.39, 0.29) is 11.8 Å². The van der Waals surface area contributed by atoms with Crippen molar-refractivity contribution in [2.24, 2.45) is 23.0 Å². The molecule has 0 heterocycles. The number of primary amides is 1. The van der Waals surface area contributed by atoms with Gasteiger partial charge in [-0.15, -0.1) is 0 Å². The third kappa shape index (κ3) is 0.815. The van der Waals surface area contributed by atoms with Gasteiger partial charge < -0.3 is 5.73 Å². The number of fused-ring (bicyclic) bond motifs is 1. The zero-order chi connectivity index (χ0) is 8.06. The minimum atomic E-state index is -0.0700. The first-order valence-electron chi connectivity index (χ1n) is 4.45. The lowest BCUT2D eigenvalue weighted by Gasteiger charge is -2.15. The molecule has 0 radical (unpaired) electrons. The SMILES string of the molecule is CC12CCCCC1C2C(N)=O. The average molecular weight is 153 g/mol. The van der Waals surface area contributed by atoms with Crippen LogP contribution in [0.25, 0.3) is 0 Å². The standard InChI is InChI=1S/C9H15NO/c1-9-5-3-2-4-6(9)7(9)8(10)11/h6-7H,2-5H2,1H3,(H2,10,11). The fraction of sp³-hybridized carbons (Fsp3) is 0.889. The number of carbonyl (C=O) groups is 1. The zero-order valence-electron chi connectivity index (χ0n) is 6.97. The van der Waals surface area contributed by atoms with Gasteiger partial charge in [0.15, 0.2) is 0 Å². The van der Waals surface area contributed by atoms with Crippen LogP contribution >= 0.6 is 0 Å². The predicted molar refractivity (Wildman–Crippen MR) is 42.7 cm³/mol. The van der Waals surface area contributed by atoms with Crippen molar-refractivity contribution in [2.75, 3.05) is 0 Å². The largest absolute Gasteiger partial charge is 0.369 e. The molecular formula is C9H15NO. The van der Waals surface area contributed by atoms with Gasteiger partial charge in [-0.05, 0) is 24.2 Å². The highest BCUT2D eigenvalue weighted by Crippen LogP contribution is 2.65. The number of carbonyl (C=O) groups excluding carboxylic acids is 1. The summed E-state index contributed by atoms with van der Waals surface area (Å²) < 4.78 is 0. The van der Waals surface area contributed by atoms with Crippen LogP contribution in [0.4, 0.5) is 0 Å². The first-order chi connectivity index (χ1) is 5.16. The van der Waals surface area contributed by atoms with Crippen molar-refractivity contribution in [1.29, 1.82) is 0 Å². The molecule has 0 aromatic heterocycles. The summed E-state index contributed by atoms with van der Waals surface area (Å²) in [4.78, 5) is 11.0. The highest BCUT2D eigenvalue weighted by Gasteiger charge is 2.63. The zero-order valence-corrected chi connectivity index (χ0v) is 6.97. The topological polar surface area (TPSA) is 43.1 Å². The Balaban J connectivity index is 2.12. The summed E-state index contributed by atoms with van der Waals surface area (Å²) >= 11 is 0. The van der Waals surface area contributed by atoms with Crippen LogP contribution in [-0.2, 0) is 4.79 Å². The van der Waals surface area contributed by atoms with Gasteiger partial charge in [-0.3, -0.25) is 4.79 Å². The molecule has 2 aliphatic rings. The lowest BCUT2D eigenvalue weighted by molar-refractivity contribution is -0.120. The Morgan fingerprint density at radius 2 is 2.27 bits per heavy atom. The molecule has 2 aliphatic carbocycles. The van der Waals surface area contributed by atoms with Crippen molar-refractivity contribution in [3.8, 4) is 0 Å². The molecule has 0 aliphatic heterocycles. The van der Waals surface area contributed by atoms with Crippen LogP contribution in [0.2, 0.25) is 0 Å². The molecular weight excluding hydrogens is 138 g/mol. The third-order valence-electron chi connectivity index (χ3n) is 3.64. The molecule has 3 atom stereocenters. The van der Waals surface area contributed by atoms with E-state index in [0.29, 0.717) is 11.3 Å². The first kappa shape index (κ1) is 7.14. The van der Waals surface area contributed by atoms with Gasteiger partial charge in [0.25, 0.3) is 0 Å². The second-order valence-electron chi connectivity index (χ2n) is 4.24. The average Bonchev–Trinajstić information content (AvgIpc) is 2.54. The van der Waals surface area contributed by atoms with Crippen LogP contribution in [0.5, 0.6) is 0 Å². The van der Waals surface area contributed by atoms with Crippen molar-refractivity contribution in [3.63, 3.8) is 0 Å². The number of rotatable bonds is 1. The molecule has 1 amide bonds. The van der Waals surface area contributed by atoms with E-state index in [4.69, 9.17) is 5.73 Å². The highest BCUT2D eigenvalue weighted by atomic mass is 16.1. The molecule has 2 rings (SSSR count). The fourth-order valence-corrected chi connectivity index (χ4v) is 2.89. The second kappa shape index (κ2) is 1.99. The Hall–Kier alpha value is -0.530. The van der Waals surface area contributed by atoms with E-state index in [0.717, 1.165) is 0 Å². The van der Waals surface area contributed by atoms with Crippen molar-refractivity contribution in [2.45, 2.75) is 32.6 Å². The van der Waals surface area contributed by atoms with Crippen molar-refractivity contribution >= 4 is 5.91 Å². The van der Waals surface area contributed by atoms with Crippen molar-refractivity contribution < 1.29 is 4.79 Å². The van der Waals surface area contributed by atoms with Crippen LogP contribution in [0.15, 0.2) is 0 Å². The molecule has 0 aromatic carbocycles. The minimum absolute atomic E-state index is 0.0700. The van der Waals surface area contributed by atoms with Crippen LogP contribution in [0.1, 0.15) is 32.6 Å². The molecule has 2 heteroatoms. The normalized spacial score (nSPS) is 48.1. The smallest absolute Gasteiger partial charge is 0.221 e. The van der Waals surface area contributed by atoms with E-state index in [9.17, 15) is 4.79 Å². The molecule has 2 fully saturated rings. The Labute approximate surface area is 67.1 Å². The Bertz CT molecular complexity index is 202. The fourth-order valence-electron chi connectivity index (χ4n) is 2.89. The summed E-state index contributed by atoms with van der Waals surface area (Å²) in [5, 5.41) is 0. The lowest BCUT2D eigenvalue weighted by atomic mass is 9.90. The van der Waals surface area contributed by atoms with E-state index in [1.54, 1.807) is 0 Å². The minimum Gasteiger partial charge on any atom is -0.369 e. The van der Waals surface area contributed by atoms with E-state index in [2.05, 4.69) is 6.92 Å². The van der Waals surface area contributed by atoms with Gasteiger partial charge in [0, 0.05) is 5.92 Å². The second-order valence-corrected chi connectivity index (χ2v) is 4.24. The molecule has 11 heavy (non-hydrogen) atoms. The van der Waals surface area contributed by atoms with Gasteiger partial charge in [-0.25, -0.2) is 0 Å². The highest BCUT2D eigenvalue weighted by molar-refractivity contribution is 5.81. The van der Waals surface area contributed by atoms with Crippen LogP contribution in [0.3, 0.4) is 0 Å². The summed E-state index contributed by atoms with van der Waals surface area (Å²) in [6, 6.07) is 0. The third-order valence-corrected chi connectivity index (χ3v) is 3.64. The molecule has 0 aromatic rings. The lowest BCUT2D eigenvalue weighted by Crippen LogP contribution is -2.17. The van der Waals surface area contributed by atoms with Crippen LogP contribution in [-0.4, -0.2) is 5.91 Å². The van der Waals surface area contributed by atoms with Gasteiger partial charge in [-0.1, -0.05) is 19.8 Å². The molecule has 62 valence electrons. The Morgan fingerprint density at radius 3 is 2.73 bits per heavy atom. The first-order valence-corrected chi connectivity index (χ1v) is 4.45. The Kier molecular flexibility index (Phi) is 1.29. The van der Waals surface area contributed by atoms with Crippen LogP contribution < -0.4 is 5.73 Å². The molecule has 2 N–H and O–H groups in total.